The van der Waals surface area contributed by atoms with Crippen molar-refractivity contribution in [1.82, 2.24) is 10.2 Å². The SMILES string of the molecule is CC(C)(C)OC(=O)N1CCC(C(=O)NCCc2ccc(OC3CCCC3)cc2)C1. The van der Waals surface area contributed by atoms with Crippen LogP contribution in [0.15, 0.2) is 24.3 Å². The van der Waals surface area contributed by atoms with Gasteiger partial charge < -0.3 is 19.7 Å². The van der Waals surface area contributed by atoms with Gasteiger partial charge in [0.25, 0.3) is 0 Å². The summed E-state index contributed by atoms with van der Waals surface area (Å²) >= 11 is 0. The van der Waals surface area contributed by atoms with Crippen molar-refractivity contribution < 1.29 is 19.1 Å². The second-order valence-corrected chi connectivity index (χ2v) is 9.12. The Balaban J connectivity index is 1.37. The van der Waals surface area contributed by atoms with Crippen molar-refractivity contribution in [2.45, 2.75) is 71.0 Å². The van der Waals surface area contributed by atoms with Gasteiger partial charge >= 0.3 is 6.09 Å². The Bertz CT molecular complexity index is 690. The summed E-state index contributed by atoms with van der Waals surface area (Å²) in [5, 5.41) is 3.01. The first-order chi connectivity index (χ1) is 13.8. The highest BCUT2D eigenvalue weighted by Gasteiger charge is 2.33. The van der Waals surface area contributed by atoms with Crippen molar-refractivity contribution >= 4 is 12.0 Å². The summed E-state index contributed by atoms with van der Waals surface area (Å²) in [5.74, 6) is 0.778. The molecule has 29 heavy (non-hydrogen) atoms. The van der Waals surface area contributed by atoms with Crippen molar-refractivity contribution in [3.63, 3.8) is 0 Å². The molecule has 2 fully saturated rings. The number of nitrogens with zero attached hydrogens (tertiary/aromatic N) is 1. The fourth-order valence-electron chi connectivity index (χ4n) is 3.87. The molecule has 1 heterocycles. The van der Waals surface area contributed by atoms with Gasteiger partial charge in [0.15, 0.2) is 0 Å². The largest absolute Gasteiger partial charge is 0.490 e. The molecule has 0 spiro atoms. The highest BCUT2D eigenvalue weighted by atomic mass is 16.6. The highest BCUT2D eigenvalue weighted by Crippen LogP contribution is 2.24. The van der Waals surface area contributed by atoms with Crippen molar-refractivity contribution in [3.05, 3.63) is 29.8 Å². The Morgan fingerprint density at radius 2 is 1.79 bits per heavy atom. The van der Waals surface area contributed by atoms with E-state index in [0.29, 0.717) is 32.2 Å². The molecule has 1 aromatic rings. The number of carbonyl (C=O) groups excluding carboxylic acids is 2. The molecule has 1 aliphatic heterocycles. The lowest BCUT2D eigenvalue weighted by Crippen LogP contribution is -2.38. The first-order valence-corrected chi connectivity index (χ1v) is 10.8. The van der Waals surface area contributed by atoms with E-state index in [2.05, 4.69) is 17.4 Å². The zero-order valence-corrected chi connectivity index (χ0v) is 17.9. The van der Waals surface area contributed by atoms with E-state index in [1.807, 2.05) is 32.9 Å². The maximum atomic E-state index is 12.4. The zero-order valence-electron chi connectivity index (χ0n) is 17.9. The summed E-state index contributed by atoms with van der Waals surface area (Å²) in [6.07, 6.45) is 6.31. The molecule has 2 aliphatic rings. The summed E-state index contributed by atoms with van der Waals surface area (Å²) in [6, 6.07) is 8.17. The summed E-state index contributed by atoms with van der Waals surface area (Å²) < 4.78 is 11.4. The average Bonchev–Trinajstić information content (AvgIpc) is 3.33. The Hall–Kier alpha value is -2.24. The Kier molecular flexibility index (Phi) is 7.04. The highest BCUT2D eigenvalue weighted by molar-refractivity contribution is 5.80. The minimum absolute atomic E-state index is 0.0113. The van der Waals surface area contributed by atoms with Crippen LogP contribution >= 0.6 is 0 Å². The summed E-state index contributed by atoms with van der Waals surface area (Å²) in [5.41, 5.74) is 0.653. The minimum Gasteiger partial charge on any atom is -0.490 e. The van der Waals surface area contributed by atoms with Crippen LogP contribution in [0.3, 0.4) is 0 Å². The lowest BCUT2D eigenvalue weighted by Gasteiger charge is -2.24. The molecule has 1 N–H and O–H groups in total. The van der Waals surface area contributed by atoms with E-state index in [4.69, 9.17) is 9.47 Å². The number of benzene rings is 1. The fourth-order valence-corrected chi connectivity index (χ4v) is 3.87. The van der Waals surface area contributed by atoms with Gasteiger partial charge in [-0.2, -0.15) is 0 Å². The van der Waals surface area contributed by atoms with E-state index in [-0.39, 0.29) is 17.9 Å². The molecule has 1 saturated carbocycles. The summed E-state index contributed by atoms with van der Waals surface area (Å²) in [7, 11) is 0. The van der Waals surface area contributed by atoms with Gasteiger partial charge in [0.05, 0.1) is 12.0 Å². The molecular formula is C23H34N2O4. The first kappa shape index (κ1) is 21.5. The lowest BCUT2D eigenvalue weighted by molar-refractivity contribution is -0.124. The molecule has 0 radical (unpaired) electrons. The second-order valence-electron chi connectivity index (χ2n) is 9.12. The molecule has 1 aliphatic carbocycles. The number of likely N-dealkylation sites (tertiary alicyclic amines) is 1. The van der Waals surface area contributed by atoms with Crippen LogP contribution < -0.4 is 10.1 Å². The van der Waals surface area contributed by atoms with Gasteiger partial charge in [-0.15, -0.1) is 0 Å². The number of rotatable bonds is 6. The van der Waals surface area contributed by atoms with Crippen LogP contribution in [0.4, 0.5) is 4.79 Å². The van der Waals surface area contributed by atoms with E-state index < -0.39 is 5.60 Å². The summed E-state index contributed by atoms with van der Waals surface area (Å²) in [6.45, 7) is 7.11. The minimum atomic E-state index is -0.519. The van der Waals surface area contributed by atoms with Gasteiger partial charge in [-0.05, 0) is 77.0 Å². The van der Waals surface area contributed by atoms with Gasteiger partial charge in [-0.3, -0.25) is 4.79 Å². The molecule has 1 aromatic carbocycles. The molecule has 1 unspecified atom stereocenters. The maximum absolute atomic E-state index is 12.4. The van der Waals surface area contributed by atoms with Gasteiger partial charge in [-0.1, -0.05) is 12.1 Å². The number of amides is 2. The molecule has 1 atom stereocenters. The Morgan fingerprint density at radius 1 is 1.10 bits per heavy atom. The molecule has 0 aromatic heterocycles. The van der Waals surface area contributed by atoms with Crippen LogP contribution in [-0.2, 0) is 16.0 Å². The third kappa shape index (κ3) is 6.65. The van der Waals surface area contributed by atoms with E-state index in [0.717, 1.165) is 25.0 Å². The van der Waals surface area contributed by atoms with Crippen molar-refractivity contribution in [2.24, 2.45) is 5.92 Å². The van der Waals surface area contributed by atoms with E-state index in [1.165, 1.54) is 18.4 Å². The molecular weight excluding hydrogens is 368 g/mol. The van der Waals surface area contributed by atoms with Gasteiger partial charge in [0, 0.05) is 19.6 Å². The monoisotopic (exact) mass is 402 g/mol. The van der Waals surface area contributed by atoms with Gasteiger partial charge in [0.1, 0.15) is 11.4 Å². The third-order valence-electron chi connectivity index (χ3n) is 5.45. The maximum Gasteiger partial charge on any atom is 0.410 e. The molecule has 2 amide bonds. The van der Waals surface area contributed by atoms with E-state index >= 15 is 0 Å². The second kappa shape index (κ2) is 9.51. The number of ether oxygens (including phenoxy) is 2. The number of nitrogens with one attached hydrogen (secondary N) is 1. The van der Waals surface area contributed by atoms with Crippen LogP contribution in [0.1, 0.15) is 58.4 Å². The Morgan fingerprint density at radius 3 is 2.45 bits per heavy atom. The third-order valence-corrected chi connectivity index (χ3v) is 5.45. The first-order valence-electron chi connectivity index (χ1n) is 10.8. The molecule has 1 saturated heterocycles. The van der Waals surface area contributed by atoms with Crippen LogP contribution in [0, 0.1) is 5.92 Å². The molecule has 0 bridgehead atoms. The standard InChI is InChI=1S/C23H34N2O4/c1-23(2,3)29-22(27)25-15-13-18(16-25)21(26)24-14-12-17-8-10-20(11-9-17)28-19-6-4-5-7-19/h8-11,18-19H,4-7,12-16H2,1-3H3,(H,24,26). The van der Waals surface area contributed by atoms with Crippen LogP contribution in [-0.4, -0.2) is 48.2 Å². The van der Waals surface area contributed by atoms with Crippen molar-refractivity contribution in [2.75, 3.05) is 19.6 Å². The predicted molar refractivity (Wildman–Crippen MR) is 112 cm³/mol. The lowest BCUT2D eigenvalue weighted by atomic mass is 10.1. The zero-order chi connectivity index (χ0) is 20.9. The molecule has 3 rings (SSSR count). The van der Waals surface area contributed by atoms with Crippen molar-refractivity contribution in [3.8, 4) is 5.75 Å². The average molecular weight is 403 g/mol. The topological polar surface area (TPSA) is 67.9 Å². The normalized spacial score (nSPS) is 20.0. The Labute approximate surface area is 173 Å². The van der Waals surface area contributed by atoms with Crippen LogP contribution in [0.2, 0.25) is 0 Å². The quantitative estimate of drug-likeness (QED) is 0.783. The van der Waals surface area contributed by atoms with Gasteiger partial charge in [0.2, 0.25) is 5.91 Å². The number of hydrogen-bond acceptors (Lipinski definition) is 4. The number of hydrogen-bond donors (Lipinski definition) is 1. The molecule has 160 valence electrons. The molecule has 6 heteroatoms. The smallest absolute Gasteiger partial charge is 0.410 e. The van der Waals surface area contributed by atoms with Crippen molar-refractivity contribution in [1.29, 1.82) is 0 Å². The van der Waals surface area contributed by atoms with E-state index in [9.17, 15) is 9.59 Å². The van der Waals surface area contributed by atoms with E-state index in [1.54, 1.807) is 4.90 Å². The predicted octanol–water partition coefficient (Wildman–Crippen LogP) is 3.92. The molecule has 6 nitrogen and oxygen atoms in total. The van der Waals surface area contributed by atoms with Gasteiger partial charge in [-0.25, -0.2) is 4.79 Å². The number of carbonyl (C=O) groups is 2. The van der Waals surface area contributed by atoms with Crippen LogP contribution in [0.25, 0.3) is 0 Å². The fraction of sp³-hybridized carbons (Fsp3) is 0.652. The van der Waals surface area contributed by atoms with Crippen LogP contribution in [0.5, 0.6) is 5.75 Å². The summed E-state index contributed by atoms with van der Waals surface area (Å²) in [4.78, 5) is 26.2.